The Morgan fingerprint density at radius 3 is 2.75 bits per heavy atom. The number of benzene rings is 1. The molecule has 1 amide bonds. The number of thioether (sulfide) groups is 1. The number of anilines is 1. The summed E-state index contributed by atoms with van der Waals surface area (Å²) in [5, 5.41) is 11.7. The quantitative estimate of drug-likeness (QED) is 0.742. The molecule has 1 aliphatic rings. The minimum Gasteiger partial charge on any atom is -0.481 e. The second-order valence-corrected chi connectivity index (χ2v) is 6.37. The number of hydrogen-bond acceptors (Lipinski definition) is 4. The first-order valence-corrected chi connectivity index (χ1v) is 8.12. The first-order chi connectivity index (χ1) is 11.0. The van der Waals surface area contributed by atoms with Crippen molar-refractivity contribution in [2.45, 2.75) is 23.5 Å². The van der Waals surface area contributed by atoms with E-state index in [0.29, 0.717) is 41.9 Å². The van der Waals surface area contributed by atoms with Crippen molar-refractivity contribution in [1.29, 1.82) is 0 Å². The molecule has 9 heteroatoms. The van der Waals surface area contributed by atoms with Gasteiger partial charge in [0.05, 0.1) is 18.2 Å². The zero-order chi connectivity index (χ0) is 16.8. The maximum Gasteiger partial charge on any atom is 0.307 e. The van der Waals surface area contributed by atoms with Crippen molar-refractivity contribution in [1.82, 2.24) is 4.90 Å². The molecule has 1 heterocycles. The Labute approximate surface area is 149 Å². The summed E-state index contributed by atoms with van der Waals surface area (Å²) in [4.78, 5) is 25.2. The SMILES string of the molecule is Cl.O=C(CN1CCCC(C(=O)O)C1)Nc1ccccc1SC(F)F. The first-order valence-electron chi connectivity index (χ1n) is 7.24. The molecule has 2 rings (SSSR count). The third-order valence-electron chi connectivity index (χ3n) is 3.60. The number of nitrogens with one attached hydrogen (secondary N) is 1. The van der Waals surface area contributed by atoms with Crippen molar-refractivity contribution >= 4 is 41.7 Å². The van der Waals surface area contributed by atoms with Gasteiger partial charge in [0.1, 0.15) is 0 Å². The molecule has 134 valence electrons. The van der Waals surface area contributed by atoms with Crippen LogP contribution in [-0.4, -0.2) is 47.3 Å². The van der Waals surface area contributed by atoms with Crippen molar-refractivity contribution in [2.75, 3.05) is 25.0 Å². The van der Waals surface area contributed by atoms with E-state index in [4.69, 9.17) is 5.11 Å². The minimum absolute atomic E-state index is 0. The third-order valence-corrected chi connectivity index (χ3v) is 4.39. The van der Waals surface area contributed by atoms with Gasteiger partial charge in [0.2, 0.25) is 5.91 Å². The Morgan fingerprint density at radius 1 is 1.38 bits per heavy atom. The summed E-state index contributed by atoms with van der Waals surface area (Å²) in [5.41, 5.74) is 0.342. The number of alkyl halides is 2. The number of halogens is 3. The molecule has 24 heavy (non-hydrogen) atoms. The zero-order valence-corrected chi connectivity index (χ0v) is 14.4. The minimum atomic E-state index is -2.56. The lowest BCUT2D eigenvalue weighted by atomic mass is 9.98. The van der Waals surface area contributed by atoms with Crippen LogP contribution in [0.5, 0.6) is 0 Å². The van der Waals surface area contributed by atoms with Gasteiger partial charge in [-0.05, 0) is 31.5 Å². The van der Waals surface area contributed by atoms with Gasteiger partial charge < -0.3 is 10.4 Å². The lowest BCUT2D eigenvalue weighted by Gasteiger charge is -2.30. The van der Waals surface area contributed by atoms with Gasteiger partial charge in [0.15, 0.2) is 0 Å². The van der Waals surface area contributed by atoms with Crippen LogP contribution in [0.15, 0.2) is 29.2 Å². The molecule has 1 aromatic rings. The fourth-order valence-electron chi connectivity index (χ4n) is 2.56. The molecule has 0 bridgehead atoms. The van der Waals surface area contributed by atoms with Gasteiger partial charge in [0, 0.05) is 11.4 Å². The van der Waals surface area contributed by atoms with E-state index in [9.17, 15) is 18.4 Å². The molecule has 1 atom stereocenters. The average molecular weight is 381 g/mol. The van der Waals surface area contributed by atoms with Crippen molar-refractivity contribution in [2.24, 2.45) is 5.92 Å². The van der Waals surface area contributed by atoms with E-state index >= 15 is 0 Å². The summed E-state index contributed by atoms with van der Waals surface area (Å²) in [7, 11) is 0. The van der Waals surface area contributed by atoms with E-state index in [1.165, 1.54) is 6.07 Å². The first kappa shape index (κ1) is 20.7. The molecular formula is C15H19ClF2N2O3S. The summed E-state index contributed by atoms with van der Waals surface area (Å²) in [6, 6.07) is 6.38. The number of hydrogen-bond donors (Lipinski definition) is 2. The number of para-hydroxylation sites is 1. The smallest absolute Gasteiger partial charge is 0.307 e. The summed E-state index contributed by atoms with van der Waals surface area (Å²) < 4.78 is 25.0. The number of amides is 1. The van der Waals surface area contributed by atoms with Crippen LogP contribution >= 0.6 is 24.2 Å². The number of carboxylic acids is 1. The highest BCUT2D eigenvalue weighted by Crippen LogP contribution is 2.31. The molecule has 0 spiro atoms. The topological polar surface area (TPSA) is 69.6 Å². The third kappa shape index (κ3) is 6.26. The van der Waals surface area contributed by atoms with Crippen molar-refractivity contribution < 1.29 is 23.5 Å². The standard InChI is InChI=1S/C15H18F2N2O3S.ClH/c16-15(17)23-12-6-2-1-5-11(12)18-13(20)9-19-7-3-4-10(8-19)14(21)22;/h1-2,5-6,10,15H,3-4,7-9H2,(H,18,20)(H,21,22);1H. The van der Waals surface area contributed by atoms with Crippen molar-refractivity contribution in [3.05, 3.63) is 24.3 Å². The Bertz CT molecular complexity index is 577. The summed E-state index contributed by atoms with van der Waals surface area (Å²) in [5.74, 6) is -4.21. The second-order valence-electron chi connectivity index (χ2n) is 5.34. The predicted octanol–water partition coefficient (Wildman–Crippen LogP) is 3.16. The van der Waals surface area contributed by atoms with Crippen LogP contribution in [-0.2, 0) is 9.59 Å². The highest BCUT2D eigenvalue weighted by molar-refractivity contribution is 7.99. The Kier molecular flexibility index (Phi) is 8.44. The molecular weight excluding hydrogens is 362 g/mol. The van der Waals surface area contributed by atoms with Crippen LogP contribution in [0.2, 0.25) is 0 Å². The molecule has 1 fully saturated rings. The summed E-state index contributed by atoms with van der Waals surface area (Å²) in [6.07, 6.45) is 1.34. The normalized spacial score (nSPS) is 18.0. The fourth-order valence-corrected chi connectivity index (χ4v) is 3.16. The number of rotatable bonds is 6. The molecule has 0 radical (unpaired) electrons. The number of piperidine rings is 1. The molecule has 1 aliphatic heterocycles. The molecule has 1 aromatic carbocycles. The van der Waals surface area contributed by atoms with Gasteiger partial charge in [-0.25, -0.2) is 0 Å². The van der Waals surface area contributed by atoms with Crippen LogP contribution in [0.1, 0.15) is 12.8 Å². The lowest BCUT2D eigenvalue weighted by molar-refractivity contribution is -0.144. The number of nitrogens with zero attached hydrogens (tertiary/aromatic N) is 1. The van der Waals surface area contributed by atoms with Gasteiger partial charge in [-0.1, -0.05) is 23.9 Å². The van der Waals surface area contributed by atoms with Crippen molar-refractivity contribution in [3.8, 4) is 0 Å². The number of carboxylic acid groups (broad SMARTS) is 1. The van der Waals surface area contributed by atoms with E-state index in [0.717, 1.165) is 6.42 Å². The van der Waals surface area contributed by atoms with Gasteiger partial charge in [-0.2, -0.15) is 8.78 Å². The largest absolute Gasteiger partial charge is 0.481 e. The maximum atomic E-state index is 12.5. The summed E-state index contributed by atoms with van der Waals surface area (Å²) in [6.45, 7) is 1.04. The Balaban J connectivity index is 0.00000288. The fraction of sp³-hybridized carbons (Fsp3) is 0.467. The molecule has 1 saturated heterocycles. The van der Waals surface area contributed by atoms with Crippen LogP contribution in [0, 0.1) is 5.92 Å². The van der Waals surface area contributed by atoms with Crippen LogP contribution in [0.4, 0.5) is 14.5 Å². The summed E-state index contributed by atoms with van der Waals surface area (Å²) >= 11 is 0.378. The van der Waals surface area contributed by atoms with Crippen LogP contribution in [0.3, 0.4) is 0 Å². The average Bonchev–Trinajstić information content (AvgIpc) is 2.49. The van der Waals surface area contributed by atoms with Crippen LogP contribution in [0.25, 0.3) is 0 Å². The lowest BCUT2D eigenvalue weighted by Crippen LogP contribution is -2.42. The van der Waals surface area contributed by atoms with E-state index in [1.807, 2.05) is 0 Å². The zero-order valence-electron chi connectivity index (χ0n) is 12.8. The predicted molar refractivity (Wildman–Crippen MR) is 91.0 cm³/mol. The molecule has 1 unspecified atom stereocenters. The molecule has 5 nitrogen and oxygen atoms in total. The van der Waals surface area contributed by atoms with Crippen LogP contribution < -0.4 is 5.32 Å². The monoisotopic (exact) mass is 380 g/mol. The highest BCUT2D eigenvalue weighted by atomic mass is 35.5. The Hall–Kier alpha value is -1.38. The van der Waals surface area contributed by atoms with E-state index < -0.39 is 17.6 Å². The number of aliphatic carboxylic acids is 1. The van der Waals surface area contributed by atoms with E-state index in [-0.39, 0.29) is 24.9 Å². The number of carbonyl (C=O) groups excluding carboxylic acids is 1. The van der Waals surface area contributed by atoms with Crippen molar-refractivity contribution in [3.63, 3.8) is 0 Å². The number of carbonyl (C=O) groups is 2. The van der Waals surface area contributed by atoms with E-state index in [1.54, 1.807) is 23.1 Å². The second kappa shape index (κ2) is 9.80. The number of likely N-dealkylation sites (tertiary alicyclic amines) is 1. The molecule has 0 aromatic heterocycles. The van der Waals surface area contributed by atoms with Gasteiger partial charge in [-0.15, -0.1) is 12.4 Å². The molecule has 0 aliphatic carbocycles. The Morgan fingerprint density at radius 2 is 2.08 bits per heavy atom. The molecule has 0 saturated carbocycles. The van der Waals surface area contributed by atoms with E-state index in [2.05, 4.69) is 5.32 Å². The van der Waals surface area contributed by atoms with Gasteiger partial charge in [-0.3, -0.25) is 14.5 Å². The highest BCUT2D eigenvalue weighted by Gasteiger charge is 2.26. The maximum absolute atomic E-state index is 12.5. The molecule has 2 N–H and O–H groups in total. The van der Waals surface area contributed by atoms with Gasteiger partial charge >= 0.3 is 5.97 Å². The van der Waals surface area contributed by atoms with Gasteiger partial charge in [0.25, 0.3) is 5.76 Å².